The maximum Gasteiger partial charge on any atom is 0.310 e. The molecule has 4 heteroatoms. The maximum atomic E-state index is 12.6. The van der Waals surface area contributed by atoms with Gasteiger partial charge in [-0.3, -0.25) is 9.59 Å². The van der Waals surface area contributed by atoms with E-state index in [2.05, 4.69) is 6.92 Å². The normalized spacial score (nSPS) is 26.2. The summed E-state index contributed by atoms with van der Waals surface area (Å²) in [6, 6.07) is 0. The Morgan fingerprint density at radius 1 is 1.26 bits per heavy atom. The SMILES string of the molecule is CCOC(=O)[C@H]1CCCN(C(=O)C2(C)CCCC2)C1. The van der Waals surface area contributed by atoms with Gasteiger partial charge < -0.3 is 9.64 Å². The number of likely N-dealkylation sites (tertiary alicyclic amines) is 1. The smallest absolute Gasteiger partial charge is 0.310 e. The third kappa shape index (κ3) is 3.10. The molecule has 4 nitrogen and oxygen atoms in total. The van der Waals surface area contributed by atoms with Crippen LogP contribution in [0.3, 0.4) is 0 Å². The molecule has 0 unspecified atom stereocenters. The summed E-state index contributed by atoms with van der Waals surface area (Å²) in [6.45, 7) is 5.66. The lowest BCUT2D eigenvalue weighted by molar-refractivity contribution is -0.153. The monoisotopic (exact) mass is 267 g/mol. The largest absolute Gasteiger partial charge is 0.466 e. The Kier molecular flexibility index (Phi) is 4.48. The number of hydrogen-bond acceptors (Lipinski definition) is 3. The molecule has 0 radical (unpaired) electrons. The molecule has 0 N–H and O–H groups in total. The van der Waals surface area contributed by atoms with Gasteiger partial charge in [-0.05, 0) is 32.6 Å². The number of nitrogens with zero attached hydrogens (tertiary/aromatic N) is 1. The molecular weight excluding hydrogens is 242 g/mol. The standard InChI is InChI=1S/C15H25NO3/c1-3-19-13(17)12-7-6-10-16(11-12)14(18)15(2)8-4-5-9-15/h12H,3-11H2,1-2H3/t12-/m0/s1. The minimum absolute atomic E-state index is 0.123. The predicted molar refractivity (Wildman–Crippen MR) is 72.5 cm³/mol. The van der Waals surface area contributed by atoms with E-state index in [1.165, 1.54) is 0 Å². The quantitative estimate of drug-likeness (QED) is 0.737. The second kappa shape index (κ2) is 5.93. The van der Waals surface area contributed by atoms with Crippen LogP contribution in [0.15, 0.2) is 0 Å². The lowest BCUT2D eigenvalue weighted by Gasteiger charge is -2.36. The molecule has 1 saturated carbocycles. The Morgan fingerprint density at radius 2 is 1.95 bits per heavy atom. The topological polar surface area (TPSA) is 46.6 Å². The van der Waals surface area contributed by atoms with Crippen molar-refractivity contribution in [1.82, 2.24) is 4.90 Å². The molecule has 1 aliphatic heterocycles. The molecule has 1 aliphatic carbocycles. The minimum Gasteiger partial charge on any atom is -0.466 e. The molecule has 1 saturated heterocycles. The van der Waals surface area contributed by atoms with Gasteiger partial charge in [-0.2, -0.15) is 0 Å². The van der Waals surface area contributed by atoms with Gasteiger partial charge >= 0.3 is 5.97 Å². The number of piperidine rings is 1. The highest BCUT2D eigenvalue weighted by atomic mass is 16.5. The van der Waals surface area contributed by atoms with Gasteiger partial charge in [-0.25, -0.2) is 0 Å². The summed E-state index contributed by atoms with van der Waals surface area (Å²) in [5.74, 6) is -0.0155. The van der Waals surface area contributed by atoms with Crippen molar-refractivity contribution in [2.45, 2.75) is 52.4 Å². The molecular formula is C15H25NO3. The van der Waals surface area contributed by atoms with Crippen LogP contribution in [0.5, 0.6) is 0 Å². The van der Waals surface area contributed by atoms with Gasteiger partial charge in [0.2, 0.25) is 5.91 Å². The summed E-state index contributed by atoms with van der Waals surface area (Å²) in [5, 5.41) is 0. The molecule has 0 aromatic carbocycles. The summed E-state index contributed by atoms with van der Waals surface area (Å²) < 4.78 is 5.08. The van der Waals surface area contributed by atoms with E-state index >= 15 is 0 Å². The lowest BCUT2D eigenvalue weighted by atomic mass is 9.85. The maximum absolute atomic E-state index is 12.6. The Hall–Kier alpha value is -1.06. The zero-order valence-corrected chi connectivity index (χ0v) is 12.1. The highest BCUT2D eigenvalue weighted by molar-refractivity contribution is 5.83. The van der Waals surface area contributed by atoms with Crippen LogP contribution < -0.4 is 0 Å². The summed E-state index contributed by atoms with van der Waals surface area (Å²) in [7, 11) is 0. The fraction of sp³-hybridized carbons (Fsp3) is 0.867. The van der Waals surface area contributed by atoms with E-state index in [-0.39, 0.29) is 23.2 Å². The van der Waals surface area contributed by atoms with Crippen molar-refractivity contribution in [3.05, 3.63) is 0 Å². The van der Waals surface area contributed by atoms with Gasteiger partial charge in [0.25, 0.3) is 0 Å². The second-order valence-electron chi connectivity index (χ2n) is 6.11. The van der Waals surface area contributed by atoms with Crippen LogP contribution in [0, 0.1) is 11.3 Å². The molecule has 1 amide bonds. The van der Waals surface area contributed by atoms with Crippen LogP contribution in [0.25, 0.3) is 0 Å². The van der Waals surface area contributed by atoms with Crippen molar-refractivity contribution in [1.29, 1.82) is 0 Å². The molecule has 108 valence electrons. The Labute approximate surface area is 115 Å². The summed E-state index contributed by atoms with van der Waals surface area (Å²) in [4.78, 5) is 26.3. The van der Waals surface area contributed by atoms with Gasteiger partial charge in [-0.15, -0.1) is 0 Å². The van der Waals surface area contributed by atoms with Crippen molar-refractivity contribution < 1.29 is 14.3 Å². The molecule has 2 aliphatic rings. The van der Waals surface area contributed by atoms with Gasteiger partial charge in [0.1, 0.15) is 0 Å². The molecule has 0 aromatic rings. The average molecular weight is 267 g/mol. The lowest BCUT2D eigenvalue weighted by Crippen LogP contribution is -2.48. The molecule has 0 aromatic heterocycles. The first-order valence-electron chi connectivity index (χ1n) is 7.53. The van der Waals surface area contributed by atoms with E-state index in [0.29, 0.717) is 13.2 Å². The fourth-order valence-electron chi connectivity index (χ4n) is 3.37. The fourth-order valence-corrected chi connectivity index (χ4v) is 3.37. The summed E-state index contributed by atoms with van der Waals surface area (Å²) in [5.41, 5.74) is -0.184. The first-order chi connectivity index (χ1) is 9.07. The van der Waals surface area contributed by atoms with Crippen LogP contribution in [0.1, 0.15) is 52.4 Å². The molecule has 19 heavy (non-hydrogen) atoms. The van der Waals surface area contributed by atoms with Crippen LogP contribution in [-0.2, 0) is 14.3 Å². The zero-order chi connectivity index (χ0) is 13.9. The van der Waals surface area contributed by atoms with Crippen LogP contribution >= 0.6 is 0 Å². The van der Waals surface area contributed by atoms with E-state index < -0.39 is 0 Å². The third-order valence-corrected chi connectivity index (χ3v) is 4.55. The Morgan fingerprint density at radius 3 is 2.58 bits per heavy atom. The highest BCUT2D eigenvalue weighted by Gasteiger charge is 2.41. The first-order valence-corrected chi connectivity index (χ1v) is 7.53. The molecule has 2 fully saturated rings. The van der Waals surface area contributed by atoms with Crippen molar-refractivity contribution in [3.63, 3.8) is 0 Å². The zero-order valence-electron chi connectivity index (χ0n) is 12.1. The van der Waals surface area contributed by atoms with Gasteiger partial charge in [0.15, 0.2) is 0 Å². The molecule has 0 bridgehead atoms. The van der Waals surface area contributed by atoms with Crippen LogP contribution in [0.4, 0.5) is 0 Å². The molecule has 1 atom stereocenters. The van der Waals surface area contributed by atoms with E-state index in [0.717, 1.165) is 45.1 Å². The Balaban J connectivity index is 1.97. The summed E-state index contributed by atoms with van der Waals surface area (Å²) in [6.07, 6.45) is 6.04. The first kappa shape index (κ1) is 14.4. The van der Waals surface area contributed by atoms with E-state index in [1.54, 1.807) is 0 Å². The average Bonchev–Trinajstić information content (AvgIpc) is 2.86. The third-order valence-electron chi connectivity index (χ3n) is 4.55. The number of hydrogen-bond donors (Lipinski definition) is 0. The van der Waals surface area contributed by atoms with Crippen LogP contribution in [-0.4, -0.2) is 36.5 Å². The van der Waals surface area contributed by atoms with Crippen molar-refractivity contribution in [2.75, 3.05) is 19.7 Å². The van der Waals surface area contributed by atoms with E-state index in [4.69, 9.17) is 4.74 Å². The second-order valence-corrected chi connectivity index (χ2v) is 6.11. The van der Waals surface area contributed by atoms with E-state index in [1.807, 2.05) is 11.8 Å². The van der Waals surface area contributed by atoms with Crippen molar-refractivity contribution >= 4 is 11.9 Å². The molecule has 1 heterocycles. The van der Waals surface area contributed by atoms with E-state index in [9.17, 15) is 9.59 Å². The summed E-state index contributed by atoms with van der Waals surface area (Å²) >= 11 is 0. The minimum atomic E-state index is -0.184. The van der Waals surface area contributed by atoms with Crippen molar-refractivity contribution in [3.8, 4) is 0 Å². The number of ether oxygens (including phenoxy) is 1. The van der Waals surface area contributed by atoms with Gasteiger partial charge in [0.05, 0.1) is 12.5 Å². The number of carbonyl (C=O) groups is 2. The molecule has 0 spiro atoms. The highest BCUT2D eigenvalue weighted by Crippen LogP contribution is 2.39. The van der Waals surface area contributed by atoms with Crippen LogP contribution in [0.2, 0.25) is 0 Å². The predicted octanol–water partition coefficient (Wildman–Crippen LogP) is 2.37. The molecule has 2 rings (SSSR count). The number of esters is 1. The van der Waals surface area contributed by atoms with Gasteiger partial charge in [-0.1, -0.05) is 19.8 Å². The van der Waals surface area contributed by atoms with Gasteiger partial charge in [0, 0.05) is 18.5 Å². The number of carbonyl (C=O) groups excluding carboxylic acids is 2. The number of amides is 1. The number of rotatable bonds is 3. The van der Waals surface area contributed by atoms with Crippen molar-refractivity contribution in [2.24, 2.45) is 11.3 Å². The Bertz CT molecular complexity index is 347.